The van der Waals surface area contributed by atoms with Gasteiger partial charge < -0.3 is 19.7 Å². The van der Waals surface area contributed by atoms with Crippen LogP contribution in [0.2, 0.25) is 0 Å². The second-order valence-corrected chi connectivity index (χ2v) is 8.72. The van der Waals surface area contributed by atoms with E-state index in [1.165, 1.54) is 10.7 Å². The Bertz CT molecular complexity index is 1280. The quantitative estimate of drug-likeness (QED) is 0.567. The van der Waals surface area contributed by atoms with Gasteiger partial charge >= 0.3 is 0 Å². The number of carbonyl (C=O) groups excluding carboxylic acids is 1. The highest BCUT2D eigenvalue weighted by molar-refractivity contribution is 5.96. The molecule has 0 fully saturated rings. The fourth-order valence-corrected chi connectivity index (χ4v) is 3.97. The number of hydrogen-bond acceptors (Lipinski definition) is 6. The van der Waals surface area contributed by atoms with E-state index in [9.17, 15) is 9.59 Å². The van der Waals surface area contributed by atoms with E-state index in [0.29, 0.717) is 22.9 Å². The van der Waals surface area contributed by atoms with Crippen molar-refractivity contribution in [1.29, 1.82) is 0 Å². The van der Waals surface area contributed by atoms with Crippen LogP contribution in [0.5, 0.6) is 11.5 Å². The van der Waals surface area contributed by atoms with Gasteiger partial charge in [-0.1, -0.05) is 0 Å². The molecule has 2 aromatic carbocycles. The summed E-state index contributed by atoms with van der Waals surface area (Å²) < 4.78 is 12.0. The molecule has 1 aliphatic rings. The van der Waals surface area contributed by atoms with E-state index in [-0.39, 0.29) is 18.3 Å². The molecule has 0 spiro atoms. The number of fused-ring (bicyclic) bond motifs is 1. The van der Waals surface area contributed by atoms with Gasteiger partial charge in [-0.25, -0.2) is 4.68 Å². The Morgan fingerprint density at radius 3 is 2.50 bits per heavy atom. The third-order valence-electron chi connectivity index (χ3n) is 6.14. The van der Waals surface area contributed by atoms with Crippen molar-refractivity contribution in [2.75, 3.05) is 30.1 Å². The van der Waals surface area contributed by atoms with Gasteiger partial charge in [0.05, 0.1) is 5.69 Å². The summed E-state index contributed by atoms with van der Waals surface area (Å²) in [6.45, 7) is 11.5. The van der Waals surface area contributed by atoms with E-state index in [0.717, 1.165) is 29.9 Å². The number of aromatic nitrogens is 2. The Kier molecular flexibility index (Phi) is 6.32. The van der Waals surface area contributed by atoms with Gasteiger partial charge in [0.1, 0.15) is 5.54 Å². The molecule has 3 aromatic rings. The highest BCUT2D eigenvalue weighted by Gasteiger charge is 2.33. The zero-order valence-electron chi connectivity index (χ0n) is 20.2. The molecular formula is C26H30N4O4. The Labute approximate surface area is 199 Å². The van der Waals surface area contributed by atoms with Crippen LogP contribution in [-0.4, -0.2) is 35.6 Å². The van der Waals surface area contributed by atoms with E-state index in [1.807, 2.05) is 31.2 Å². The van der Waals surface area contributed by atoms with Crippen LogP contribution in [0.4, 0.5) is 11.4 Å². The fraction of sp³-hybridized carbons (Fsp3) is 0.346. The molecule has 8 heteroatoms. The van der Waals surface area contributed by atoms with E-state index >= 15 is 0 Å². The van der Waals surface area contributed by atoms with Gasteiger partial charge in [0.25, 0.3) is 11.5 Å². The third kappa shape index (κ3) is 4.35. The van der Waals surface area contributed by atoms with Gasteiger partial charge in [0.2, 0.25) is 6.79 Å². The summed E-state index contributed by atoms with van der Waals surface area (Å²) >= 11 is 0. The van der Waals surface area contributed by atoms with Crippen molar-refractivity contribution in [2.24, 2.45) is 0 Å². The fourth-order valence-electron chi connectivity index (χ4n) is 3.97. The van der Waals surface area contributed by atoms with Gasteiger partial charge in [-0.15, -0.1) is 0 Å². The minimum absolute atomic E-state index is 0.175. The molecule has 0 radical (unpaired) electrons. The summed E-state index contributed by atoms with van der Waals surface area (Å²) in [6.07, 6.45) is 0. The second-order valence-electron chi connectivity index (χ2n) is 8.72. The molecule has 2 heterocycles. The van der Waals surface area contributed by atoms with Crippen molar-refractivity contribution in [2.45, 2.75) is 40.2 Å². The molecular weight excluding hydrogens is 432 g/mol. The first-order valence-corrected chi connectivity index (χ1v) is 11.4. The van der Waals surface area contributed by atoms with Crippen molar-refractivity contribution >= 4 is 17.3 Å². The van der Waals surface area contributed by atoms with Crippen LogP contribution in [0.25, 0.3) is 11.3 Å². The Balaban J connectivity index is 1.61. The molecule has 1 aliphatic heterocycles. The predicted octanol–water partition coefficient (Wildman–Crippen LogP) is 4.17. The first-order valence-electron chi connectivity index (χ1n) is 11.4. The van der Waals surface area contributed by atoms with Gasteiger partial charge in [0.15, 0.2) is 11.5 Å². The number of ether oxygens (including phenoxy) is 2. The molecule has 34 heavy (non-hydrogen) atoms. The minimum Gasteiger partial charge on any atom is -0.454 e. The molecule has 0 bridgehead atoms. The molecule has 178 valence electrons. The summed E-state index contributed by atoms with van der Waals surface area (Å²) in [5.41, 5.74) is 2.48. The SMILES string of the molecule is CCN(CC)c1ccc(NC(=O)C(C)(C)n2nc(-c3ccc4c(c3)OCO4)ccc2=O)c(C)c1. The highest BCUT2D eigenvalue weighted by Crippen LogP contribution is 2.35. The molecule has 0 saturated carbocycles. The number of benzene rings is 2. The standard InChI is InChI=1S/C26H30N4O4/c1-6-29(7-2)19-9-10-20(17(3)14-19)27-25(32)26(4,5)30-24(31)13-11-21(28-30)18-8-12-22-23(15-18)34-16-33-22/h8-15H,6-7,16H2,1-5H3,(H,27,32). The molecule has 0 aliphatic carbocycles. The monoisotopic (exact) mass is 462 g/mol. The lowest BCUT2D eigenvalue weighted by Crippen LogP contribution is -2.47. The lowest BCUT2D eigenvalue weighted by Gasteiger charge is -2.26. The first-order chi connectivity index (χ1) is 16.2. The Morgan fingerprint density at radius 1 is 1.06 bits per heavy atom. The van der Waals surface area contributed by atoms with E-state index in [1.54, 1.807) is 26.0 Å². The lowest BCUT2D eigenvalue weighted by molar-refractivity contribution is -0.123. The molecule has 1 amide bonds. The van der Waals surface area contributed by atoms with E-state index in [4.69, 9.17) is 9.47 Å². The maximum atomic E-state index is 13.3. The summed E-state index contributed by atoms with van der Waals surface area (Å²) in [6, 6.07) is 14.5. The topological polar surface area (TPSA) is 85.7 Å². The number of nitrogens with one attached hydrogen (secondary N) is 1. The molecule has 0 unspecified atom stereocenters. The van der Waals surface area contributed by atoms with Gasteiger partial charge in [-0.3, -0.25) is 9.59 Å². The number of carbonyl (C=O) groups is 1. The minimum atomic E-state index is -1.23. The van der Waals surface area contributed by atoms with Crippen LogP contribution in [0.3, 0.4) is 0 Å². The molecule has 1 aromatic heterocycles. The van der Waals surface area contributed by atoms with Crippen molar-refractivity contribution in [3.8, 4) is 22.8 Å². The molecule has 0 saturated heterocycles. The van der Waals surface area contributed by atoms with Gasteiger partial charge in [-0.05, 0) is 82.6 Å². The van der Waals surface area contributed by atoms with Gasteiger partial charge in [0, 0.05) is 36.1 Å². The summed E-state index contributed by atoms with van der Waals surface area (Å²) in [5.74, 6) is 0.959. The van der Waals surface area contributed by atoms with Gasteiger partial charge in [-0.2, -0.15) is 5.10 Å². The molecule has 0 atom stereocenters. The predicted molar refractivity (Wildman–Crippen MR) is 133 cm³/mol. The number of hydrogen-bond donors (Lipinski definition) is 1. The molecule has 8 nitrogen and oxygen atoms in total. The summed E-state index contributed by atoms with van der Waals surface area (Å²) in [7, 11) is 0. The first kappa shape index (κ1) is 23.4. The van der Waals surface area contributed by atoms with E-state index in [2.05, 4.69) is 35.2 Å². The maximum absolute atomic E-state index is 13.3. The van der Waals surface area contributed by atoms with Crippen molar-refractivity contribution in [3.05, 3.63) is 64.4 Å². The second kappa shape index (κ2) is 9.21. The molecule has 4 rings (SSSR count). The zero-order valence-corrected chi connectivity index (χ0v) is 20.2. The summed E-state index contributed by atoms with van der Waals surface area (Å²) in [5, 5.41) is 7.50. The summed E-state index contributed by atoms with van der Waals surface area (Å²) in [4.78, 5) is 28.3. The number of rotatable bonds is 7. The third-order valence-corrected chi connectivity index (χ3v) is 6.14. The van der Waals surface area contributed by atoms with Crippen LogP contribution in [0, 0.1) is 6.92 Å². The number of anilines is 2. The Morgan fingerprint density at radius 2 is 1.79 bits per heavy atom. The lowest BCUT2D eigenvalue weighted by atomic mass is 10.0. The average molecular weight is 463 g/mol. The molecule has 1 N–H and O–H groups in total. The Hall–Kier alpha value is -3.81. The van der Waals surface area contributed by atoms with Crippen molar-refractivity contribution < 1.29 is 14.3 Å². The highest BCUT2D eigenvalue weighted by atomic mass is 16.7. The van der Waals surface area contributed by atoms with E-state index < -0.39 is 5.54 Å². The van der Waals surface area contributed by atoms with Crippen LogP contribution in [0.1, 0.15) is 33.3 Å². The van der Waals surface area contributed by atoms with Crippen LogP contribution >= 0.6 is 0 Å². The van der Waals surface area contributed by atoms with Crippen molar-refractivity contribution in [3.63, 3.8) is 0 Å². The maximum Gasteiger partial charge on any atom is 0.267 e. The van der Waals surface area contributed by atoms with Crippen LogP contribution in [0.15, 0.2) is 53.3 Å². The van der Waals surface area contributed by atoms with Crippen LogP contribution < -0.4 is 25.2 Å². The number of aryl methyl sites for hydroxylation is 1. The van der Waals surface area contributed by atoms with Crippen LogP contribution in [-0.2, 0) is 10.3 Å². The number of amides is 1. The average Bonchev–Trinajstić information content (AvgIpc) is 3.29. The zero-order chi connectivity index (χ0) is 24.5. The normalized spacial score (nSPS) is 12.5. The van der Waals surface area contributed by atoms with Crippen molar-refractivity contribution in [1.82, 2.24) is 9.78 Å². The largest absolute Gasteiger partial charge is 0.454 e. The smallest absolute Gasteiger partial charge is 0.267 e. The number of nitrogens with zero attached hydrogens (tertiary/aromatic N) is 3.